The van der Waals surface area contributed by atoms with Crippen LogP contribution < -0.4 is 5.32 Å². The summed E-state index contributed by atoms with van der Waals surface area (Å²) in [7, 11) is 0. The summed E-state index contributed by atoms with van der Waals surface area (Å²) in [6, 6.07) is -0.463. The van der Waals surface area contributed by atoms with E-state index in [2.05, 4.69) is 21.2 Å². The Morgan fingerprint density at radius 3 is 1.95 bits per heavy atom. The first-order chi connectivity index (χ1) is 9.31. The molecule has 1 amide bonds. The van der Waals surface area contributed by atoms with Gasteiger partial charge >= 0.3 is 0 Å². The molecule has 1 aromatic rings. The first-order valence-electron chi connectivity index (χ1n) is 5.69. The van der Waals surface area contributed by atoms with Crippen LogP contribution in [-0.4, -0.2) is 17.3 Å². The molecule has 1 aromatic carbocycles. The van der Waals surface area contributed by atoms with Gasteiger partial charge in [-0.2, -0.15) is 0 Å². The Morgan fingerprint density at radius 2 is 1.50 bits per heavy atom. The van der Waals surface area contributed by atoms with Crippen LogP contribution in [0, 0.1) is 29.1 Å². The van der Waals surface area contributed by atoms with Gasteiger partial charge in [-0.05, 0) is 19.8 Å². The molecule has 1 unspecified atom stereocenters. The maximum atomic E-state index is 13.4. The third kappa shape index (κ3) is 3.47. The summed E-state index contributed by atoms with van der Waals surface area (Å²) in [6.45, 7) is 1.56. The van der Waals surface area contributed by atoms with Crippen molar-refractivity contribution in [3.05, 3.63) is 34.6 Å². The topological polar surface area (TPSA) is 29.1 Å². The number of carbonyl (C=O) groups is 1. The zero-order valence-corrected chi connectivity index (χ0v) is 12.0. The molecule has 0 aliphatic rings. The highest BCUT2D eigenvalue weighted by molar-refractivity contribution is 9.09. The zero-order chi connectivity index (χ0) is 15.4. The Hall–Kier alpha value is -1.18. The first kappa shape index (κ1) is 16.9. The molecule has 0 saturated carbocycles. The fraction of sp³-hybridized carbons (Fsp3) is 0.417. The molecule has 0 radical (unpaired) electrons. The van der Waals surface area contributed by atoms with Crippen LogP contribution in [0.15, 0.2) is 0 Å². The van der Waals surface area contributed by atoms with Crippen LogP contribution in [0.3, 0.4) is 0 Å². The van der Waals surface area contributed by atoms with E-state index in [4.69, 9.17) is 0 Å². The normalized spacial score (nSPS) is 12.3. The predicted octanol–water partition coefficient (Wildman–Crippen LogP) is 3.68. The lowest BCUT2D eigenvalue weighted by atomic mass is 10.1. The molecule has 1 atom stereocenters. The van der Waals surface area contributed by atoms with Crippen molar-refractivity contribution in [2.75, 3.05) is 5.33 Å². The smallest absolute Gasteiger partial charge is 0.257 e. The lowest BCUT2D eigenvalue weighted by Gasteiger charge is -2.14. The number of rotatable bonds is 5. The maximum absolute atomic E-state index is 13.4. The van der Waals surface area contributed by atoms with E-state index in [9.17, 15) is 26.7 Å². The van der Waals surface area contributed by atoms with Crippen molar-refractivity contribution < 1.29 is 26.7 Å². The summed E-state index contributed by atoms with van der Waals surface area (Å²) < 4.78 is 65.5. The van der Waals surface area contributed by atoms with Crippen molar-refractivity contribution >= 4 is 21.8 Å². The van der Waals surface area contributed by atoms with Crippen molar-refractivity contribution in [3.63, 3.8) is 0 Å². The molecule has 8 heteroatoms. The molecule has 0 aromatic heterocycles. The van der Waals surface area contributed by atoms with Gasteiger partial charge in [0.15, 0.2) is 23.3 Å². The summed E-state index contributed by atoms with van der Waals surface area (Å²) in [6.07, 6.45) is 1.17. The van der Waals surface area contributed by atoms with E-state index in [0.717, 1.165) is 0 Å². The molecule has 20 heavy (non-hydrogen) atoms. The highest BCUT2D eigenvalue weighted by Crippen LogP contribution is 2.23. The van der Waals surface area contributed by atoms with Crippen LogP contribution in [0.25, 0.3) is 0 Å². The molecule has 0 aliphatic carbocycles. The summed E-state index contributed by atoms with van der Waals surface area (Å²) >= 11 is 3.17. The second kappa shape index (κ2) is 7.01. The Labute approximate surface area is 120 Å². The highest BCUT2D eigenvalue weighted by atomic mass is 79.9. The van der Waals surface area contributed by atoms with Gasteiger partial charge in [-0.1, -0.05) is 15.9 Å². The quantitative estimate of drug-likeness (QED) is 0.369. The third-order valence-corrected chi connectivity index (χ3v) is 3.15. The molecule has 0 spiro atoms. The van der Waals surface area contributed by atoms with Gasteiger partial charge in [-0.15, -0.1) is 0 Å². The number of hydrogen-bond acceptors (Lipinski definition) is 1. The molecule has 0 fully saturated rings. The Bertz CT molecular complexity index is 494. The fourth-order valence-electron chi connectivity index (χ4n) is 1.56. The van der Waals surface area contributed by atoms with Crippen LogP contribution >= 0.6 is 15.9 Å². The molecule has 0 bridgehead atoms. The van der Waals surface area contributed by atoms with Gasteiger partial charge in [0.05, 0.1) is 0 Å². The van der Waals surface area contributed by atoms with Crippen LogP contribution in [0.4, 0.5) is 22.0 Å². The second-order valence-electron chi connectivity index (χ2n) is 4.15. The SMILES string of the molecule is CC(CCCBr)NC(=O)c1c(F)c(F)c(F)c(F)c1F. The van der Waals surface area contributed by atoms with Crippen molar-refractivity contribution in [1.29, 1.82) is 0 Å². The fourth-order valence-corrected chi connectivity index (χ4v) is 1.88. The minimum absolute atomic E-state index is 0.463. The number of alkyl halides is 1. The van der Waals surface area contributed by atoms with Crippen LogP contribution in [0.5, 0.6) is 0 Å². The molecule has 1 rings (SSSR count). The van der Waals surface area contributed by atoms with E-state index in [1.807, 2.05) is 0 Å². The van der Waals surface area contributed by atoms with Gasteiger partial charge in [0.1, 0.15) is 5.56 Å². The summed E-state index contributed by atoms with van der Waals surface area (Å²) in [5.41, 5.74) is -1.47. The monoisotopic (exact) mass is 359 g/mol. The van der Waals surface area contributed by atoms with Crippen LogP contribution in [0.1, 0.15) is 30.1 Å². The Kier molecular flexibility index (Phi) is 5.91. The number of amides is 1. The lowest BCUT2D eigenvalue weighted by Crippen LogP contribution is -2.34. The second-order valence-corrected chi connectivity index (χ2v) is 4.94. The van der Waals surface area contributed by atoms with Crippen molar-refractivity contribution in [2.24, 2.45) is 0 Å². The number of carbonyl (C=O) groups excluding carboxylic acids is 1. The van der Waals surface area contributed by atoms with Crippen molar-refractivity contribution in [2.45, 2.75) is 25.8 Å². The van der Waals surface area contributed by atoms with E-state index in [-0.39, 0.29) is 0 Å². The van der Waals surface area contributed by atoms with Crippen LogP contribution in [-0.2, 0) is 0 Å². The molecule has 2 nitrogen and oxygen atoms in total. The molecular formula is C12H11BrF5NO. The van der Waals surface area contributed by atoms with Gasteiger partial charge in [0.2, 0.25) is 5.82 Å². The Morgan fingerprint density at radius 1 is 1.05 bits per heavy atom. The summed E-state index contributed by atoms with van der Waals surface area (Å²) in [4.78, 5) is 11.6. The molecule has 1 N–H and O–H groups in total. The number of benzene rings is 1. The number of nitrogens with one attached hydrogen (secondary N) is 1. The average Bonchev–Trinajstić information content (AvgIpc) is 2.40. The van der Waals surface area contributed by atoms with E-state index < -0.39 is 46.6 Å². The molecule has 0 aliphatic heterocycles. The van der Waals surface area contributed by atoms with Gasteiger partial charge < -0.3 is 5.32 Å². The van der Waals surface area contributed by atoms with Crippen molar-refractivity contribution in [3.8, 4) is 0 Å². The third-order valence-electron chi connectivity index (χ3n) is 2.59. The average molecular weight is 360 g/mol. The molecular weight excluding hydrogens is 349 g/mol. The highest BCUT2D eigenvalue weighted by Gasteiger charge is 2.30. The van der Waals surface area contributed by atoms with E-state index in [0.29, 0.717) is 18.2 Å². The van der Waals surface area contributed by atoms with Gasteiger partial charge in [-0.3, -0.25) is 4.79 Å². The van der Waals surface area contributed by atoms with Gasteiger partial charge in [0, 0.05) is 11.4 Å². The lowest BCUT2D eigenvalue weighted by molar-refractivity contribution is 0.0926. The zero-order valence-electron chi connectivity index (χ0n) is 10.4. The predicted molar refractivity (Wildman–Crippen MR) is 66.2 cm³/mol. The van der Waals surface area contributed by atoms with E-state index in [1.165, 1.54) is 0 Å². The standard InChI is InChI=1S/C12H11BrF5NO/c1-5(3-2-4-13)19-12(20)6-7(14)9(16)11(18)10(17)8(6)15/h5H,2-4H2,1H3,(H,19,20). The summed E-state index contributed by atoms with van der Waals surface area (Å²) in [5.74, 6) is -12.2. The van der Waals surface area contributed by atoms with E-state index >= 15 is 0 Å². The largest absolute Gasteiger partial charge is 0.349 e. The molecule has 0 saturated heterocycles. The minimum atomic E-state index is -2.29. The molecule has 0 heterocycles. The maximum Gasteiger partial charge on any atom is 0.257 e. The van der Waals surface area contributed by atoms with E-state index in [1.54, 1.807) is 6.92 Å². The minimum Gasteiger partial charge on any atom is -0.349 e. The number of halogens is 6. The number of hydrogen-bond donors (Lipinski definition) is 1. The van der Waals surface area contributed by atoms with Crippen LogP contribution in [0.2, 0.25) is 0 Å². The van der Waals surface area contributed by atoms with Gasteiger partial charge in [-0.25, -0.2) is 22.0 Å². The first-order valence-corrected chi connectivity index (χ1v) is 6.81. The Balaban J connectivity index is 3.05. The summed E-state index contributed by atoms with van der Waals surface area (Å²) in [5, 5.41) is 2.85. The molecule has 112 valence electrons. The van der Waals surface area contributed by atoms with Crippen molar-refractivity contribution in [1.82, 2.24) is 5.32 Å². The van der Waals surface area contributed by atoms with Gasteiger partial charge in [0.25, 0.3) is 5.91 Å².